The zero-order valence-electron chi connectivity index (χ0n) is 11.6. The minimum atomic E-state index is 0.184. The molecule has 3 aliphatic rings. The molecule has 2 aliphatic carbocycles. The van der Waals surface area contributed by atoms with Crippen molar-refractivity contribution in [2.75, 3.05) is 30.9 Å². The van der Waals surface area contributed by atoms with E-state index < -0.39 is 0 Å². The first-order valence-electron chi connectivity index (χ1n) is 7.13. The summed E-state index contributed by atoms with van der Waals surface area (Å²) in [6.45, 7) is 2.49. The van der Waals surface area contributed by atoms with Gasteiger partial charge in [-0.1, -0.05) is 0 Å². The Bertz CT molecular complexity index is 545. The van der Waals surface area contributed by atoms with Crippen LogP contribution in [0.15, 0.2) is 6.07 Å². The van der Waals surface area contributed by atoms with Gasteiger partial charge in [0.25, 0.3) is 0 Å². The predicted octanol–water partition coefficient (Wildman–Crippen LogP) is 2.85. The molecule has 1 spiro atoms. The third kappa shape index (κ3) is 2.02. The molecule has 20 heavy (non-hydrogen) atoms. The smallest absolute Gasteiger partial charge is 0.224 e. The molecule has 1 aromatic heterocycles. The fraction of sp³-hybridized carbons (Fsp3) is 0.714. The molecule has 0 N–H and O–H groups in total. The van der Waals surface area contributed by atoms with Gasteiger partial charge in [-0.2, -0.15) is 11.8 Å². The van der Waals surface area contributed by atoms with E-state index in [1.54, 1.807) is 0 Å². The van der Waals surface area contributed by atoms with Gasteiger partial charge in [0.15, 0.2) is 0 Å². The zero-order chi connectivity index (χ0) is 13.8. The van der Waals surface area contributed by atoms with Crippen LogP contribution >= 0.6 is 23.4 Å². The highest BCUT2D eigenvalue weighted by atomic mass is 35.5. The quantitative estimate of drug-likeness (QED) is 0.803. The van der Waals surface area contributed by atoms with Crippen LogP contribution in [-0.4, -0.2) is 41.5 Å². The maximum Gasteiger partial charge on any atom is 0.224 e. The van der Waals surface area contributed by atoms with Gasteiger partial charge in [0, 0.05) is 12.6 Å². The second-order valence-corrected chi connectivity index (χ2v) is 7.54. The number of ether oxygens (including phenoxy) is 1. The van der Waals surface area contributed by atoms with Crippen LogP contribution < -0.4 is 4.90 Å². The second kappa shape index (κ2) is 4.49. The number of anilines is 1. The SMILES string of the molecule is CSC1(c2cc(N3CCOCC34CC4)nc(Cl)n2)CC1. The first kappa shape index (κ1) is 13.2. The van der Waals surface area contributed by atoms with Gasteiger partial charge in [0.1, 0.15) is 5.82 Å². The average molecular weight is 312 g/mol. The summed E-state index contributed by atoms with van der Waals surface area (Å²) in [6, 6.07) is 2.15. The van der Waals surface area contributed by atoms with Gasteiger partial charge < -0.3 is 9.64 Å². The Kier molecular flexibility index (Phi) is 2.95. The normalized spacial score (nSPS) is 25.8. The lowest BCUT2D eigenvalue weighted by Crippen LogP contribution is -2.48. The molecule has 0 bridgehead atoms. The van der Waals surface area contributed by atoms with Crippen LogP contribution in [0.25, 0.3) is 0 Å². The van der Waals surface area contributed by atoms with Crippen molar-refractivity contribution in [3.05, 3.63) is 17.0 Å². The Morgan fingerprint density at radius 2 is 2.10 bits per heavy atom. The number of halogens is 1. The average Bonchev–Trinajstić information content (AvgIpc) is 3.35. The number of hydrogen-bond acceptors (Lipinski definition) is 5. The van der Waals surface area contributed by atoms with Gasteiger partial charge in [0.2, 0.25) is 5.28 Å². The van der Waals surface area contributed by atoms with E-state index in [9.17, 15) is 0 Å². The van der Waals surface area contributed by atoms with Crippen molar-refractivity contribution in [1.82, 2.24) is 9.97 Å². The summed E-state index contributed by atoms with van der Waals surface area (Å²) < 4.78 is 5.82. The first-order valence-corrected chi connectivity index (χ1v) is 8.73. The summed E-state index contributed by atoms with van der Waals surface area (Å²) >= 11 is 8.06. The van der Waals surface area contributed by atoms with Crippen LogP contribution in [0.5, 0.6) is 0 Å². The molecule has 1 aromatic rings. The van der Waals surface area contributed by atoms with Crippen molar-refractivity contribution in [3.63, 3.8) is 0 Å². The summed E-state index contributed by atoms with van der Waals surface area (Å²) in [7, 11) is 0. The molecule has 0 amide bonds. The van der Waals surface area contributed by atoms with Crippen LogP contribution in [0.2, 0.25) is 5.28 Å². The maximum absolute atomic E-state index is 6.18. The zero-order valence-corrected chi connectivity index (χ0v) is 13.1. The fourth-order valence-electron chi connectivity index (χ4n) is 3.10. The summed E-state index contributed by atoms with van der Waals surface area (Å²) in [5.41, 5.74) is 1.28. The third-order valence-corrected chi connectivity index (χ3v) is 6.32. The van der Waals surface area contributed by atoms with Gasteiger partial charge >= 0.3 is 0 Å². The molecule has 108 valence electrons. The molecule has 4 rings (SSSR count). The number of thioether (sulfide) groups is 1. The van der Waals surface area contributed by atoms with Crippen molar-refractivity contribution >= 4 is 29.2 Å². The Morgan fingerprint density at radius 3 is 2.75 bits per heavy atom. The topological polar surface area (TPSA) is 38.2 Å². The van der Waals surface area contributed by atoms with Crippen LogP contribution in [0.4, 0.5) is 5.82 Å². The Labute approximate surface area is 128 Å². The minimum Gasteiger partial charge on any atom is -0.377 e. The maximum atomic E-state index is 6.18. The van der Waals surface area contributed by atoms with Crippen molar-refractivity contribution in [3.8, 4) is 0 Å². The van der Waals surface area contributed by atoms with Crippen molar-refractivity contribution in [2.24, 2.45) is 0 Å². The van der Waals surface area contributed by atoms with E-state index in [2.05, 4.69) is 27.2 Å². The largest absolute Gasteiger partial charge is 0.377 e. The van der Waals surface area contributed by atoms with Gasteiger partial charge in [-0.15, -0.1) is 0 Å². The van der Waals surface area contributed by atoms with E-state index in [-0.39, 0.29) is 10.3 Å². The van der Waals surface area contributed by atoms with Gasteiger partial charge in [0.05, 0.1) is 29.2 Å². The molecule has 4 nitrogen and oxygen atoms in total. The van der Waals surface area contributed by atoms with E-state index in [0.717, 1.165) is 31.3 Å². The lowest BCUT2D eigenvalue weighted by molar-refractivity contribution is 0.0860. The molecule has 2 heterocycles. The molecule has 1 saturated heterocycles. The van der Waals surface area contributed by atoms with Crippen LogP contribution in [-0.2, 0) is 9.48 Å². The van der Waals surface area contributed by atoms with Crippen LogP contribution in [0, 0.1) is 0 Å². The first-order chi connectivity index (χ1) is 9.67. The van der Waals surface area contributed by atoms with Gasteiger partial charge in [-0.05, 0) is 43.5 Å². The number of rotatable bonds is 3. The number of hydrogen-bond donors (Lipinski definition) is 0. The molecule has 6 heteroatoms. The Balaban J connectivity index is 1.71. The van der Waals surface area contributed by atoms with Crippen molar-refractivity contribution < 1.29 is 4.74 Å². The molecule has 0 atom stereocenters. The summed E-state index contributed by atoms with van der Waals surface area (Å²) in [5, 5.41) is 0.375. The van der Waals surface area contributed by atoms with E-state index >= 15 is 0 Å². The summed E-state index contributed by atoms with van der Waals surface area (Å²) in [6.07, 6.45) is 6.92. The third-order valence-electron chi connectivity index (χ3n) is 4.75. The Morgan fingerprint density at radius 1 is 1.30 bits per heavy atom. The van der Waals surface area contributed by atoms with Crippen LogP contribution in [0.1, 0.15) is 31.4 Å². The van der Waals surface area contributed by atoms with Gasteiger partial charge in [-0.25, -0.2) is 9.97 Å². The highest BCUT2D eigenvalue weighted by Gasteiger charge is 2.51. The number of aromatic nitrogens is 2. The summed E-state index contributed by atoms with van der Waals surface area (Å²) in [4.78, 5) is 11.4. The second-order valence-electron chi connectivity index (χ2n) is 6.01. The highest BCUT2D eigenvalue weighted by Crippen LogP contribution is 2.56. The lowest BCUT2D eigenvalue weighted by Gasteiger charge is -2.37. The molecule has 1 aliphatic heterocycles. The van der Waals surface area contributed by atoms with E-state index in [1.807, 2.05) is 11.8 Å². The monoisotopic (exact) mass is 311 g/mol. The standard InChI is InChI=1S/C14H18ClN3OS/c1-20-14(4-5-14)10-8-11(17-12(15)16-10)18-6-7-19-9-13(18)2-3-13/h8H,2-7,9H2,1H3. The van der Waals surface area contributed by atoms with E-state index in [0.29, 0.717) is 5.28 Å². The number of morpholine rings is 1. The lowest BCUT2D eigenvalue weighted by atomic mass is 10.2. The molecular weight excluding hydrogens is 294 g/mol. The van der Waals surface area contributed by atoms with E-state index in [4.69, 9.17) is 16.3 Å². The number of nitrogens with zero attached hydrogens (tertiary/aromatic N) is 3. The highest BCUT2D eigenvalue weighted by molar-refractivity contribution is 7.99. The molecule has 0 aromatic carbocycles. The summed E-state index contributed by atoms with van der Waals surface area (Å²) in [5.74, 6) is 0.987. The van der Waals surface area contributed by atoms with Crippen molar-refractivity contribution in [2.45, 2.75) is 36.0 Å². The molecular formula is C14H18ClN3OS. The molecule has 3 fully saturated rings. The van der Waals surface area contributed by atoms with E-state index in [1.165, 1.54) is 25.7 Å². The fourth-order valence-corrected chi connectivity index (χ4v) is 4.11. The molecule has 0 radical (unpaired) electrons. The Hall–Kier alpha value is -0.520. The molecule has 0 unspecified atom stereocenters. The van der Waals surface area contributed by atoms with Gasteiger partial charge in [-0.3, -0.25) is 0 Å². The minimum absolute atomic E-state index is 0.184. The van der Waals surface area contributed by atoms with Crippen LogP contribution in [0.3, 0.4) is 0 Å². The van der Waals surface area contributed by atoms with Crippen molar-refractivity contribution in [1.29, 1.82) is 0 Å². The predicted molar refractivity (Wildman–Crippen MR) is 81.6 cm³/mol. The molecule has 2 saturated carbocycles.